The number of Topliss-reactive ketones (excluding diaryl/α,β-unsaturated/α-hetero) is 1. The number of aromatic nitrogens is 1. The molecule has 1 N–H and O–H groups in total. The molecule has 9 nitrogen and oxygen atoms in total. The second-order valence-corrected chi connectivity index (χ2v) is 9.85. The highest BCUT2D eigenvalue weighted by atomic mass is 16.5. The molecule has 0 radical (unpaired) electrons. The molecule has 41 heavy (non-hydrogen) atoms. The number of para-hydroxylation sites is 1. The summed E-state index contributed by atoms with van der Waals surface area (Å²) in [5.41, 5.74) is 3.90. The van der Waals surface area contributed by atoms with Crippen molar-refractivity contribution in [1.82, 2.24) is 9.88 Å². The molecule has 0 saturated carbocycles. The van der Waals surface area contributed by atoms with Gasteiger partial charge in [0, 0.05) is 36.5 Å². The van der Waals surface area contributed by atoms with E-state index in [4.69, 9.17) is 9.72 Å². The minimum atomic E-state index is -1.07. The molecular formula is C32H25N3O6. The fourth-order valence-corrected chi connectivity index (χ4v) is 5.30. The summed E-state index contributed by atoms with van der Waals surface area (Å²) in [6.45, 7) is 3.35. The third-order valence-electron chi connectivity index (χ3n) is 7.26. The summed E-state index contributed by atoms with van der Waals surface area (Å²) in [5, 5.41) is 10.3. The van der Waals surface area contributed by atoms with Gasteiger partial charge in [-0.2, -0.15) is 0 Å². The van der Waals surface area contributed by atoms with E-state index in [9.17, 15) is 24.3 Å². The fraction of sp³-hybridized carbons (Fsp3) is 0.156. The average Bonchev–Trinajstić information content (AvgIpc) is 3.27. The number of morpholine rings is 1. The second kappa shape index (κ2) is 10.4. The molecule has 2 aliphatic heterocycles. The second-order valence-electron chi connectivity index (χ2n) is 9.85. The highest BCUT2D eigenvalue weighted by molar-refractivity contribution is 6.26. The lowest BCUT2D eigenvalue weighted by molar-refractivity contribution is -0.116. The number of pyridine rings is 1. The third-order valence-corrected chi connectivity index (χ3v) is 7.26. The van der Waals surface area contributed by atoms with E-state index in [-0.39, 0.29) is 28.9 Å². The molecule has 3 heterocycles. The lowest BCUT2D eigenvalue weighted by Gasteiger charge is -2.27. The number of fused-ring (bicyclic) bond motifs is 2. The van der Waals surface area contributed by atoms with E-state index in [2.05, 4.69) is 0 Å². The van der Waals surface area contributed by atoms with E-state index >= 15 is 0 Å². The van der Waals surface area contributed by atoms with Crippen molar-refractivity contribution in [2.75, 3.05) is 31.2 Å². The Kier molecular flexibility index (Phi) is 6.64. The normalized spacial score (nSPS) is 15.8. The van der Waals surface area contributed by atoms with Crippen molar-refractivity contribution in [3.63, 3.8) is 0 Å². The number of aromatic carboxylic acids is 1. The highest BCUT2D eigenvalue weighted by Gasteiger charge is 2.34. The van der Waals surface area contributed by atoms with Crippen LogP contribution >= 0.6 is 0 Å². The first-order valence-corrected chi connectivity index (χ1v) is 13.1. The molecule has 3 aromatic carbocycles. The van der Waals surface area contributed by atoms with Gasteiger partial charge in [-0.25, -0.2) is 9.78 Å². The Balaban J connectivity index is 1.52. The smallest absolute Gasteiger partial charge is 0.335 e. The number of hydrogen-bond acceptors (Lipinski definition) is 6. The lowest BCUT2D eigenvalue weighted by atomic mass is 9.96. The van der Waals surface area contributed by atoms with Crippen LogP contribution in [0.25, 0.3) is 28.1 Å². The number of carboxylic acids is 1. The van der Waals surface area contributed by atoms with Gasteiger partial charge in [0.2, 0.25) is 11.7 Å². The number of ether oxygens (including phenoxy) is 1. The van der Waals surface area contributed by atoms with Crippen LogP contribution in [0.4, 0.5) is 5.69 Å². The minimum absolute atomic E-state index is 0.108. The van der Waals surface area contributed by atoms with Gasteiger partial charge < -0.3 is 14.7 Å². The van der Waals surface area contributed by atoms with Crippen LogP contribution in [0, 0.1) is 0 Å². The monoisotopic (exact) mass is 547 g/mol. The summed E-state index contributed by atoms with van der Waals surface area (Å²) in [6, 6.07) is 20.4. The van der Waals surface area contributed by atoms with Crippen LogP contribution in [0.1, 0.15) is 43.7 Å². The van der Waals surface area contributed by atoms with Crippen molar-refractivity contribution in [2.24, 2.45) is 0 Å². The zero-order valence-corrected chi connectivity index (χ0v) is 22.2. The molecular weight excluding hydrogens is 522 g/mol. The summed E-state index contributed by atoms with van der Waals surface area (Å²) >= 11 is 0. The Morgan fingerprint density at radius 1 is 0.902 bits per heavy atom. The molecule has 6 rings (SSSR count). The van der Waals surface area contributed by atoms with Gasteiger partial charge in [0.25, 0.3) is 5.91 Å². The fourth-order valence-electron chi connectivity index (χ4n) is 5.30. The van der Waals surface area contributed by atoms with Gasteiger partial charge in [-0.05, 0) is 65.7 Å². The Morgan fingerprint density at radius 2 is 1.68 bits per heavy atom. The molecule has 204 valence electrons. The van der Waals surface area contributed by atoms with Crippen LogP contribution in [-0.2, 0) is 9.53 Å². The maximum Gasteiger partial charge on any atom is 0.335 e. The first-order chi connectivity index (χ1) is 19.8. The predicted octanol–water partition coefficient (Wildman–Crippen LogP) is 4.66. The molecule has 2 aliphatic rings. The number of ketones is 1. The largest absolute Gasteiger partial charge is 0.478 e. The topological polar surface area (TPSA) is 117 Å². The number of benzene rings is 3. The third kappa shape index (κ3) is 4.76. The van der Waals surface area contributed by atoms with Crippen LogP contribution in [0.5, 0.6) is 0 Å². The van der Waals surface area contributed by atoms with Gasteiger partial charge in [0.05, 0.1) is 41.4 Å². The van der Waals surface area contributed by atoms with Crippen molar-refractivity contribution in [1.29, 1.82) is 0 Å². The summed E-state index contributed by atoms with van der Waals surface area (Å²) in [7, 11) is 0. The van der Waals surface area contributed by atoms with E-state index in [1.54, 1.807) is 77.7 Å². The van der Waals surface area contributed by atoms with Gasteiger partial charge in [-0.3, -0.25) is 19.3 Å². The number of nitrogens with zero attached hydrogens (tertiary/aromatic N) is 3. The first-order valence-electron chi connectivity index (χ1n) is 13.1. The average molecular weight is 548 g/mol. The van der Waals surface area contributed by atoms with E-state index in [0.29, 0.717) is 70.8 Å². The molecule has 0 atom stereocenters. The molecule has 4 aromatic rings. The Morgan fingerprint density at radius 3 is 2.44 bits per heavy atom. The summed E-state index contributed by atoms with van der Waals surface area (Å²) in [6.07, 6.45) is 1.57. The molecule has 9 heteroatoms. The van der Waals surface area contributed by atoms with Gasteiger partial charge in [0.1, 0.15) is 0 Å². The van der Waals surface area contributed by atoms with Crippen molar-refractivity contribution in [3.05, 3.63) is 101 Å². The van der Waals surface area contributed by atoms with Crippen LogP contribution in [-0.4, -0.2) is 64.9 Å². The van der Waals surface area contributed by atoms with Crippen LogP contribution < -0.4 is 4.90 Å². The maximum atomic E-state index is 13.3. The number of carbonyl (C=O) groups is 4. The number of rotatable bonds is 4. The van der Waals surface area contributed by atoms with Gasteiger partial charge in [0.15, 0.2) is 0 Å². The first kappa shape index (κ1) is 26.1. The number of hydrogen-bond donors (Lipinski definition) is 1. The number of carbonyl (C=O) groups excluding carboxylic acids is 3. The molecule has 1 aromatic heterocycles. The van der Waals surface area contributed by atoms with Crippen molar-refractivity contribution >= 4 is 46.2 Å². The van der Waals surface area contributed by atoms with E-state index in [1.165, 1.54) is 17.9 Å². The summed E-state index contributed by atoms with van der Waals surface area (Å²) in [4.78, 5) is 58.8. The van der Waals surface area contributed by atoms with Crippen molar-refractivity contribution in [2.45, 2.75) is 6.92 Å². The predicted molar refractivity (Wildman–Crippen MR) is 153 cm³/mol. The van der Waals surface area contributed by atoms with Gasteiger partial charge in [-0.15, -0.1) is 0 Å². The maximum absolute atomic E-state index is 13.3. The van der Waals surface area contributed by atoms with Gasteiger partial charge >= 0.3 is 5.97 Å². The minimum Gasteiger partial charge on any atom is -0.478 e. The molecule has 1 saturated heterocycles. The quantitative estimate of drug-likeness (QED) is 0.369. The lowest BCUT2D eigenvalue weighted by Crippen LogP contribution is -2.40. The number of anilines is 1. The van der Waals surface area contributed by atoms with E-state index in [0.717, 1.165) is 0 Å². The Bertz CT molecular complexity index is 1790. The van der Waals surface area contributed by atoms with Crippen molar-refractivity contribution < 1.29 is 29.0 Å². The molecule has 0 bridgehead atoms. The zero-order chi connectivity index (χ0) is 28.7. The highest BCUT2D eigenvalue weighted by Crippen LogP contribution is 2.37. The van der Waals surface area contributed by atoms with Crippen LogP contribution in [0.15, 0.2) is 78.5 Å². The molecule has 0 spiro atoms. The van der Waals surface area contributed by atoms with E-state index < -0.39 is 5.97 Å². The Hall–Kier alpha value is -5.15. The van der Waals surface area contributed by atoms with E-state index in [1.807, 2.05) is 0 Å². The summed E-state index contributed by atoms with van der Waals surface area (Å²) in [5.74, 6) is -1.80. The zero-order valence-electron chi connectivity index (χ0n) is 22.2. The molecule has 0 unspecified atom stereocenters. The van der Waals surface area contributed by atoms with Crippen LogP contribution in [0.3, 0.4) is 0 Å². The van der Waals surface area contributed by atoms with Crippen molar-refractivity contribution in [3.8, 4) is 11.1 Å². The summed E-state index contributed by atoms with van der Waals surface area (Å²) < 4.78 is 5.38. The molecule has 2 amide bonds. The number of carboxylic acid groups (broad SMARTS) is 1. The molecule has 0 aliphatic carbocycles. The standard InChI is InChI=1S/C32H25N3O6/c1-19(36)35-28-8-3-2-7-24(28)30(37)29(35)18-23-17-25(20-5-4-6-22(15-20)32(39)40)26-16-21(9-10-27(26)33-23)31(38)34-11-13-41-14-12-34/h2-10,15-18H,11-14H2,1H3,(H,39,40)/b29-18+. The van der Waals surface area contributed by atoms with Crippen LogP contribution in [0.2, 0.25) is 0 Å². The molecule has 1 fully saturated rings. The SMILES string of the molecule is CC(=O)N1/C(=C/c2cc(-c3cccc(C(=O)O)c3)c3cc(C(=O)N4CCOCC4)ccc3n2)C(=O)c2ccccc21. The number of allylic oxidation sites excluding steroid dienone is 1. The van der Waals surface area contributed by atoms with Gasteiger partial charge in [-0.1, -0.05) is 24.3 Å². The Labute approximate surface area is 235 Å². The number of amides is 2.